The molecule has 0 aliphatic rings. The molecule has 0 N–H and O–H groups in total. The molecule has 3 rings (SSSR count). The molecule has 2 nitrogen and oxygen atoms in total. The predicted octanol–water partition coefficient (Wildman–Crippen LogP) is 1.98. The van der Waals surface area contributed by atoms with Gasteiger partial charge in [-0.2, -0.15) is 4.57 Å². The molecule has 1 aromatic heterocycles. The van der Waals surface area contributed by atoms with Crippen molar-refractivity contribution < 1.29 is 9.30 Å². The number of nitrogens with zero attached hydrogens (tertiary/aromatic N) is 1. The maximum atomic E-state index is 6.02. The maximum absolute atomic E-state index is 6.02. The summed E-state index contributed by atoms with van der Waals surface area (Å²) in [5.74, 6) is 0.870. The van der Waals surface area contributed by atoms with Crippen molar-refractivity contribution in [2.75, 3.05) is 7.11 Å². The summed E-state index contributed by atoms with van der Waals surface area (Å²) in [6.45, 7) is 0.760. The van der Waals surface area contributed by atoms with Crippen LogP contribution in [0.1, 0.15) is 5.56 Å². The lowest BCUT2D eigenvalue weighted by atomic mass is 9.90. The molecule has 1 heterocycles. The molecule has 96 valence electrons. The predicted molar refractivity (Wildman–Crippen MR) is 81.6 cm³/mol. The normalized spacial score (nSPS) is 10.7. The second-order valence-electron chi connectivity index (χ2n) is 4.76. The van der Waals surface area contributed by atoms with Gasteiger partial charge in [0.1, 0.15) is 13.6 Å². The Kier molecular flexibility index (Phi) is 3.42. The van der Waals surface area contributed by atoms with Gasteiger partial charge < -0.3 is 4.74 Å². The van der Waals surface area contributed by atoms with Crippen molar-refractivity contribution in [1.82, 2.24) is 0 Å². The van der Waals surface area contributed by atoms with Crippen LogP contribution in [0.3, 0.4) is 0 Å². The molecule has 0 aliphatic carbocycles. The fourth-order valence-electron chi connectivity index (χ4n) is 2.39. The summed E-state index contributed by atoms with van der Waals surface area (Å²) in [5.41, 5.74) is 3.11. The molecular weight excluding hydrogens is 245 g/mol. The standard InChI is InChI=1S/C17H15BNO/c1-20-15-8-9-17-13(11-15)6-4-10-19(17)12-14-5-2-3-7-16(14)18/h2-11H,12H2,1H3/q+1. The molecule has 2 aromatic carbocycles. The Morgan fingerprint density at radius 1 is 1.05 bits per heavy atom. The maximum Gasteiger partial charge on any atom is 0.213 e. The van der Waals surface area contributed by atoms with Gasteiger partial charge in [0.15, 0.2) is 12.7 Å². The molecule has 0 fully saturated rings. The summed E-state index contributed by atoms with van der Waals surface area (Å²) in [5, 5.41) is 1.15. The van der Waals surface area contributed by atoms with Gasteiger partial charge in [-0.3, -0.25) is 0 Å². The lowest BCUT2D eigenvalue weighted by molar-refractivity contribution is -0.662. The van der Waals surface area contributed by atoms with E-state index in [1.165, 1.54) is 0 Å². The second-order valence-corrected chi connectivity index (χ2v) is 4.76. The molecule has 20 heavy (non-hydrogen) atoms. The Labute approximate surface area is 120 Å². The van der Waals surface area contributed by atoms with Crippen LogP contribution < -0.4 is 14.8 Å². The van der Waals surface area contributed by atoms with Crippen LogP contribution in [0.15, 0.2) is 60.8 Å². The first-order chi connectivity index (χ1) is 9.78. The fourth-order valence-corrected chi connectivity index (χ4v) is 2.39. The van der Waals surface area contributed by atoms with Crippen molar-refractivity contribution in [2.24, 2.45) is 0 Å². The second kappa shape index (κ2) is 5.37. The Hall–Kier alpha value is -2.29. The molecule has 0 aliphatic heterocycles. The van der Waals surface area contributed by atoms with Gasteiger partial charge in [-0.15, -0.1) is 0 Å². The lowest BCUT2D eigenvalue weighted by Crippen LogP contribution is -2.36. The third kappa shape index (κ3) is 2.39. The van der Waals surface area contributed by atoms with E-state index >= 15 is 0 Å². The fraction of sp³-hybridized carbons (Fsp3) is 0.118. The summed E-state index contributed by atoms with van der Waals surface area (Å²) in [6, 6.07) is 18.2. The van der Waals surface area contributed by atoms with Crippen LogP contribution in [-0.4, -0.2) is 15.0 Å². The Balaban J connectivity index is 2.06. The van der Waals surface area contributed by atoms with Gasteiger partial charge >= 0.3 is 0 Å². The van der Waals surface area contributed by atoms with Crippen LogP contribution in [-0.2, 0) is 6.54 Å². The first kappa shape index (κ1) is 12.7. The van der Waals surface area contributed by atoms with Crippen LogP contribution >= 0.6 is 0 Å². The molecule has 3 heteroatoms. The van der Waals surface area contributed by atoms with Gasteiger partial charge in [0, 0.05) is 17.7 Å². The number of rotatable bonds is 3. The average Bonchev–Trinajstić information content (AvgIpc) is 2.49. The molecule has 0 bridgehead atoms. The van der Waals surface area contributed by atoms with Gasteiger partial charge in [0.25, 0.3) is 0 Å². The first-order valence-corrected chi connectivity index (χ1v) is 6.57. The smallest absolute Gasteiger partial charge is 0.213 e. The number of hydrogen-bond donors (Lipinski definition) is 0. The summed E-state index contributed by atoms with van der Waals surface area (Å²) >= 11 is 0. The number of methoxy groups -OCH3 is 1. The van der Waals surface area contributed by atoms with Crippen LogP contribution in [0.25, 0.3) is 10.9 Å². The SMILES string of the molecule is [B]c1ccccc1C[n+]1cccc2cc(OC)ccc21. The Morgan fingerprint density at radius 3 is 2.70 bits per heavy atom. The molecule has 0 atom stereocenters. The van der Waals surface area contributed by atoms with Crippen molar-refractivity contribution in [3.8, 4) is 5.75 Å². The highest BCUT2D eigenvalue weighted by Gasteiger charge is 2.10. The quantitative estimate of drug-likeness (QED) is 0.518. The summed E-state index contributed by atoms with van der Waals surface area (Å²) in [4.78, 5) is 0. The van der Waals surface area contributed by atoms with Gasteiger partial charge in [-0.25, -0.2) is 0 Å². The van der Waals surface area contributed by atoms with E-state index in [-0.39, 0.29) is 0 Å². The molecule has 0 saturated heterocycles. The Bertz CT molecular complexity index is 755. The Morgan fingerprint density at radius 2 is 1.90 bits per heavy atom. The molecule has 3 aromatic rings. The molecule has 0 spiro atoms. The van der Waals surface area contributed by atoms with Gasteiger partial charge in [-0.05, 0) is 18.2 Å². The zero-order valence-electron chi connectivity index (χ0n) is 11.4. The monoisotopic (exact) mass is 260 g/mol. The minimum atomic E-state index is 0.760. The van der Waals surface area contributed by atoms with Gasteiger partial charge in [0.2, 0.25) is 5.52 Å². The number of benzene rings is 2. The van der Waals surface area contributed by atoms with E-state index in [0.717, 1.165) is 34.2 Å². The van der Waals surface area contributed by atoms with Crippen molar-refractivity contribution in [3.63, 3.8) is 0 Å². The average molecular weight is 260 g/mol. The van der Waals surface area contributed by atoms with E-state index in [1.807, 2.05) is 36.4 Å². The van der Waals surface area contributed by atoms with E-state index in [9.17, 15) is 0 Å². The lowest BCUT2D eigenvalue weighted by Gasteiger charge is -2.06. The van der Waals surface area contributed by atoms with Crippen LogP contribution in [0.2, 0.25) is 0 Å². The topological polar surface area (TPSA) is 13.1 Å². The summed E-state index contributed by atoms with van der Waals surface area (Å²) in [6.07, 6.45) is 2.07. The molecule has 0 unspecified atom stereocenters. The largest absolute Gasteiger partial charge is 0.497 e. The van der Waals surface area contributed by atoms with E-state index in [2.05, 4.69) is 29.0 Å². The number of aromatic nitrogens is 1. The molecular formula is C17H15BNO+. The molecule has 0 amide bonds. The zero-order valence-corrected chi connectivity index (χ0v) is 11.4. The van der Waals surface area contributed by atoms with Crippen LogP contribution in [0.5, 0.6) is 5.75 Å². The minimum absolute atomic E-state index is 0.760. The number of pyridine rings is 1. The van der Waals surface area contributed by atoms with E-state index in [1.54, 1.807) is 7.11 Å². The van der Waals surface area contributed by atoms with Crippen molar-refractivity contribution in [2.45, 2.75) is 6.54 Å². The van der Waals surface area contributed by atoms with Crippen LogP contribution in [0.4, 0.5) is 0 Å². The summed E-state index contributed by atoms with van der Waals surface area (Å²) in [7, 11) is 7.71. The van der Waals surface area contributed by atoms with Crippen molar-refractivity contribution in [1.29, 1.82) is 0 Å². The highest BCUT2D eigenvalue weighted by atomic mass is 16.5. The number of ether oxygens (including phenoxy) is 1. The van der Waals surface area contributed by atoms with E-state index in [0.29, 0.717) is 0 Å². The van der Waals surface area contributed by atoms with Crippen molar-refractivity contribution >= 4 is 24.2 Å². The third-order valence-corrected chi connectivity index (χ3v) is 3.48. The van der Waals surface area contributed by atoms with E-state index in [4.69, 9.17) is 12.6 Å². The zero-order chi connectivity index (χ0) is 13.9. The van der Waals surface area contributed by atoms with E-state index < -0.39 is 0 Å². The van der Waals surface area contributed by atoms with Crippen molar-refractivity contribution in [3.05, 3.63) is 66.4 Å². The highest BCUT2D eigenvalue weighted by molar-refractivity contribution is 6.33. The van der Waals surface area contributed by atoms with Gasteiger partial charge in [-0.1, -0.05) is 29.7 Å². The third-order valence-electron chi connectivity index (χ3n) is 3.48. The molecule has 0 saturated carbocycles. The summed E-state index contributed by atoms with van der Waals surface area (Å²) < 4.78 is 7.47. The first-order valence-electron chi connectivity index (χ1n) is 6.57. The number of fused-ring (bicyclic) bond motifs is 1. The van der Waals surface area contributed by atoms with Gasteiger partial charge in [0.05, 0.1) is 12.5 Å². The highest BCUT2D eigenvalue weighted by Crippen LogP contribution is 2.17. The minimum Gasteiger partial charge on any atom is -0.497 e. The number of hydrogen-bond acceptors (Lipinski definition) is 1. The molecule has 2 radical (unpaired) electrons. The van der Waals surface area contributed by atoms with Crippen LogP contribution in [0, 0.1) is 0 Å².